The maximum absolute atomic E-state index is 9.05. The number of pyridine rings is 1. The second-order valence-electron chi connectivity index (χ2n) is 6.07. The van der Waals surface area contributed by atoms with Crippen LogP contribution in [0.4, 0.5) is 0 Å². The summed E-state index contributed by atoms with van der Waals surface area (Å²) in [4.78, 5) is 7.21. The Hall–Kier alpha value is -1.45. The van der Waals surface area contributed by atoms with E-state index in [0.29, 0.717) is 12.6 Å². The molecule has 0 radical (unpaired) electrons. The number of benzene rings is 1. The molecule has 2 heterocycles. The van der Waals surface area contributed by atoms with Crippen LogP contribution < -0.4 is 0 Å². The third-order valence-electron chi connectivity index (χ3n) is 4.50. The van der Waals surface area contributed by atoms with Crippen LogP contribution in [0, 0.1) is 6.92 Å². The van der Waals surface area contributed by atoms with Gasteiger partial charge in [-0.05, 0) is 56.8 Å². The zero-order chi connectivity index (χ0) is 14.7. The Morgan fingerprint density at radius 2 is 2.19 bits per heavy atom. The van der Waals surface area contributed by atoms with E-state index in [2.05, 4.69) is 47.1 Å². The summed E-state index contributed by atoms with van der Waals surface area (Å²) in [6.45, 7) is 4.55. The van der Waals surface area contributed by atoms with Crippen molar-refractivity contribution in [2.24, 2.45) is 0 Å². The van der Waals surface area contributed by atoms with E-state index in [1.807, 2.05) is 0 Å². The fourth-order valence-electron chi connectivity index (χ4n) is 3.50. The van der Waals surface area contributed by atoms with Crippen molar-refractivity contribution in [2.45, 2.75) is 45.2 Å². The van der Waals surface area contributed by atoms with Crippen LogP contribution in [0.2, 0.25) is 0 Å². The highest BCUT2D eigenvalue weighted by Crippen LogP contribution is 2.26. The minimum atomic E-state index is 0.307. The predicted molar refractivity (Wildman–Crippen MR) is 86.2 cm³/mol. The van der Waals surface area contributed by atoms with Crippen molar-refractivity contribution in [3.05, 3.63) is 41.6 Å². The number of hydrogen-bond donors (Lipinski definition) is 1. The molecule has 1 unspecified atom stereocenters. The van der Waals surface area contributed by atoms with Gasteiger partial charge in [-0.25, -0.2) is 0 Å². The quantitative estimate of drug-likeness (QED) is 0.915. The summed E-state index contributed by atoms with van der Waals surface area (Å²) in [5.41, 5.74) is 3.57. The minimum Gasteiger partial charge on any atom is -0.396 e. The van der Waals surface area contributed by atoms with Gasteiger partial charge in [-0.1, -0.05) is 18.2 Å². The van der Waals surface area contributed by atoms with Crippen molar-refractivity contribution in [1.82, 2.24) is 9.88 Å². The monoisotopic (exact) mass is 284 g/mol. The zero-order valence-corrected chi connectivity index (χ0v) is 12.8. The van der Waals surface area contributed by atoms with E-state index in [-0.39, 0.29) is 0 Å². The summed E-state index contributed by atoms with van der Waals surface area (Å²) >= 11 is 0. The fraction of sp³-hybridized carbons (Fsp3) is 0.500. The maximum atomic E-state index is 9.05. The summed E-state index contributed by atoms with van der Waals surface area (Å²) in [5.74, 6) is 0. The van der Waals surface area contributed by atoms with Gasteiger partial charge in [-0.2, -0.15) is 0 Å². The number of rotatable bonds is 5. The Kier molecular flexibility index (Phi) is 4.51. The van der Waals surface area contributed by atoms with Crippen molar-refractivity contribution in [1.29, 1.82) is 0 Å². The SMILES string of the molecule is Cc1cc(CN2CCCC2CCCO)c2ccccc2n1. The van der Waals surface area contributed by atoms with Gasteiger partial charge < -0.3 is 5.11 Å². The Labute approximate surface area is 126 Å². The predicted octanol–water partition coefficient (Wildman–Crippen LogP) is 3.28. The number of hydrogen-bond acceptors (Lipinski definition) is 3. The molecule has 0 spiro atoms. The first kappa shape index (κ1) is 14.5. The summed E-state index contributed by atoms with van der Waals surface area (Å²) in [6, 6.07) is 11.3. The number of fused-ring (bicyclic) bond motifs is 1. The van der Waals surface area contributed by atoms with Crippen molar-refractivity contribution >= 4 is 10.9 Å². The number of aliphatic hydroxyl groups excluding tert-OH is 1. The van der Waals surface area contributed by atoms with Crippen LogP contribution in [0.1, 0.15) is 36.9 Å². The first-order chi connectivity index (χ1) is 10.3. The standard InChI is InChI=1S/C18H24N2O/c1-14-12-15(17-8-2-3-9-18(17)19-14)13-20-10-4-6-16(20)7-5-11-21/h2-3,8-9,12,16,21H,4-7,10-11,13H2,1H3. The summed E-state index contributed by atoms with van der Waals surface area (Å²) in [7, 11) is 0. The van der Waals surface area contributed by atoms with Crippen LogP contribution in [0.3, 0.4) is 0 Å². The summed E-state index contributed by atoms with van der Waals surface area (Å²) < 4.78 is 0. The molecule has 1 aromatic carbocycles. The molecule has 1 aliphatic rings. The van der Waals surface area contributed by atoms with E-state index in [1.165, 1.54) is 30.3 Å². The molecule has 21 heavy (non-hydrogen) atoms. The molecule has 3 heteroatoms. The molecule has 3 nitrogen and oxygen atoms in total. The van der Waals surface area contributed by atoms with Crippen LogP contribution in [0.15, 0.2) is 30.3 Å². The Balaban J connectivity index is 1.84. The molecule has 112 valence electrons. The highest BCUT2D eigenvalue weighted by atomic mass is 16.2. The Bertz CT molecular complexity index is 611. The number of aliphatic hydroxyl groups is 1. The highest BCUT2D eigenvalue weighted by molar-refractivity contribution is 5.82. The molecule has 1 N–H and O–H groups in total. The lowest BCUT2D eigenvalue weighted by atomic mass is 10.1. The van der Waals surface area contributed by atoms with Gasteiger partial charge >= 0.3 is 0 Å². The molecular formula is C18H24N2O. The van der Waals surface area contributed by atoms with Crippen molar-refractivity contribution in [3.63, 3.8) is 0 Å². The maximum Gasteiger partial charge on any atom is 0.0708 e. The van der Waals surface area contributed by atoms with Crippen LogP contribution in [-0.4, -0.2) is 34.2 Å². The van der Waals surface area contributed by atoms with Gasteiger partial charge in [0.1, 0.15) is 0 Å². The van der Waals surface area contributed by atoms with Gasteiger partial charge in [0.15, 0.2) is 0 Å². The third kappa shape index (κ3) is 3.25. The van der Waals surface area contributed by atoms with E-state index in [1.54, 1.807) is 0 Å². The number of nitrogens with zero attached hydrogens (tertiary/aromatic N) is 2. The normalized spacial score (nSPS) is 19.4. The van der Waals surface area contributed by atoms with Crippen molar-refractivity contribution in [3.8, 4) is 0 Å². The average Bonchev–Trinajstić information content (AvgIpc) is 2.92. The van der Waals surface area contributed by atoms with Crippen LogP contribution in [-0.2, 0) is 6.54 Å². The molecule has 2 aromatic rings. The molecule has 3 rings (SSSR count). The number of likely N-dealkylation sites (tertiary alicyclic amines) is 1. The number of aryl methyl sites for hydroxylation is 1. The zero-order valence-electron chi connectivity index (χ0n) is 12.8. The lowest BCUT2D eigenvalue weighted by Gasteiger charge is -2.25. The summed E-state index contributed by atoms with van der Waals surface area (Å²) in [6.07, 6.45) is 4.57. The second kappa shape index (κ2) is 6.54. The van der Waals surface area contributed by atoms with E-state index in [0.717, 1.165) is 30.6 Å². The van der Waals surface area contributed by atoms with Crippen molar-refractivity contribution < 1.29 is 5.11 Å². The van der Waals surface area contributed by atoms with Gasteiger partial charge in [0.25, 0.3) is 0 Å². The molecule has 0 amide bonds. The minimum absolute atomic E-state index is 0.307. The van der Waals surface area contributed by atoms with Crippen LogP contribution in [0.25, 0.3) is 10.9 Å². The number of para-hydroxylation sites is 1. The molecule has 1 atom stereocenters. The van der Waals surface area contributed by atoms with E-state index in [9.17, 15) is 0 Å². The smallest absolute Gasteiger partial charge is 0.0708 e. The van der Waals surface area contributed by atoms with E-state index < -0.39 is 0 Å². The summed E-state index contributed by atoms with van der Waals surface area (Å²) in [5, 5.41) is 10.3. The van der Waals surface area contributed by atoms with Gasteiger partial charge in [0, 0.05) is 30.3 Å². The first-order valence-electron chi connectivity index (χ1n) is 7.98. The largest absolute Gasteiger partial charge is 0.396 e. The van der Waals surface area contributed by atoms with Crippen LogP contribution in [0.5, 0.6) is 0 Å². The Morgan fingerprint density at radius 3 is 3.05 bits per heavy atom. The van der Waals surface area contributed by atoms with Gasteiger partial charge in [0.05, 0.1) is 5.52 Å². The van der Waals surface area contributed by atoms with Crippen LogP contribution >= 0.6 is 0 Å². The van der Waals surface area contributed by atoms with E-state index in [4.69, 9.17) is 5.11 Å². The molecule has 1 saturated heterocycles. The molecule has 0 saturated carbocycles. The molecule has 0 bridgehead atoms. The van der Waals surface area contributed by atoms with Gasteiger partial charge in [-0.15, -0.1) is 0 Å². The van der Waals surface area contributed by atoms with Crippen molar-refractivity contribution in [2.75, 3.05) is 13.2 Å². The lowest BCUT2D eigenvalue weighted by Crippen LogP contribution is -2.29. The Morgan fingerprint density at radius 1 is 1.33 bits per heavy atom. The third-order valence-corrected chi connectivity index (χ3v) is 4.50. The van der Waals surface area contributed by atoms with Gasteiger partial charge in [-0.3, -0.25) is 9.88 Å². The van der Waals surface area contributed by atoms with E-state index >= 15 is 0 Å². The topological polar surface area (TPSA) is 36.4 Å². The van der Waals surface area contributed by atoms with Gasteiger partial charge in [0.2, 0.25) is 0 Å². The number of aromatic nitrogens is 1. The first-order valence-corrected chi connectivity index (χ1v) is 7.98. The molecule has 0 aliphatic carbocycles. The molecule has 1 aromatic heterocycles. The second-order valence-corrected chi connectivity index (χ2v) is 6.07. The average molecular weight is 284 g/mol. The molecule has 1 aliphatic heterocycles. The molecular weight excluding hydrogens is 260 g/mol. The highest BCUT2D eigenvalue weighted by Gasteiger charge is 2.24. The fourth-order valence-corrected chi connectivity index (χ4v) is 3.50. The lowest BCUT2D eigenvalue weighted by molar-refractivity contribution is 0.210. The molecule has 1 fully saturated rings.